The second-order valence-electron chi connectivity index (χ2n) is 4.80. The Morgan fingerprint density at radius 1 is 1.28 bits per heavy atom. The topological polar surface area (TPSA) is 64.1 Å². The van der Waals surface area contributed by atoms with Crippen LogP contribution in [0.5, 0.6) is 0 Å². The highest BCUT2D eigenvalue weighted by Gasteiger charge is 2.09. The first kappa shape index (κ1) is 14.4. The number of anilines is 1. The number of nitrogens with one attached hydrogen (secondary N) is 1. The monoisotopic (exact) mass is 251 g/mol. The van der Waals surface area contributed by atoms with E-state index in [1.165, 1.54) is 19.7 Å². The van der Waals surface area contributed by atoms with E-state index in [-0.39, 0.29) is 5.69 Å². The lowest BCUT2D eigenvalue weighted by Gasteiger charge is -2.15. The first-order valence-corrected chi connectivity index (χ1v) is 6.19. The van der Waals surface area contributed by atoms with Crippen LogP contribution in [0.1, 0.15) is 44.1 Å². The van der Waals surface area contributed by atoms with Gasteiger partial charge in [-0.3, -0.25) is 0 Å². The van der Waals surface area contributed by atoms with E-state index in [1.807, 2.05) is 0 Å². The van der Waals surface area contributed by atoms with Crippen molar-refractivity contribution in [3.8, 4) is 0 Å². The van der Waals surface area contributed by atoms with Crippen molar-refractivity contribution in [1.82, 2.24) is 9.97 Å². The lowest BCUT2D eigenvalue weighted by Crippen LogP contribution is -2.17. The molecule has 1 heterocycles. The summed E-state index contributed by atoms with van der Waals surface area (Å²) in [6.07, 6.45) is 5.22. The van der Waals surface area contributed by atoms with E-state index >= 15 is 0 Å². The molecule has 100 valence electrons. The molecule has 1 unspecified atom stereocenters. The van der Waals surface area contributed by atoms with Crippen molar-refractivity contribution >= 4 is 11.8 Å². The van der Waals surface area contributed by atoms with Crippen LogP contribution in [-0.2, 0) is 4.74 Å². The molecule has 1 N–H and O–H groups in total. The SMILES string of the molecule is COC(=O)c1cnc(NC(C)CCC(C)C)cn1. The van der Waals surface area contributed by atoms with Gasteiger partial charge in [-0.2, -0.15) is 0 Å². The zero-order valence-corrected chi connectivity index (χ0v) is 11.4. The number of nitrogens with zero attached hydrogens (tertiary/aromatic N) is 2. The van der Waals surface area contributed by atoms with Crippen LogP contribution < -0.4 is 5.32 Å². The molecule has 18 heavy (non-hydrogen) atoms. The molecule has 0 fully saturated rings. The Hall–Kier alpha value is -1.65. The smallest absolute Gasteiger partial charge is 0.358 e. The highest BCUT2D eigenvalue weighted by Crippen LogP contribution is 2.10. The van der Waals surface area contributed by atoms with E-state index in [4.69, 9.17) is 0 Å². The number of esters is 1. The average Bonchev–Trinajstić information content (AvgIpc) is 2.36. The Kier molecular flexibility index (Phi) is 5.55. The summed E-state index contributed by atoms with van der Waals surface area (Å²) in [4.78, 5) is 19.3. The third-order valence-electron chi connectivity index (χ3n) is 2.62. The van der Waals surface area contributed by atoms with Gasteiger partial charge in [0.25, 0.3) is 0 Å². The third kappa shape index (κ3) is 4.69. The Labute approximate surface area is 108 Å². The first-order chi connectivity index (χ1) is 8.52. The Bertz CT molecular complexity index is 376. The first-order valence-electron chi connectivity index (χ1n) is 6.19. The van der Waals surface area contributed by atoms with Gasteiger partial charge in [-0.25, -0.2) is 14.8 Å². The minimum atomic E-state index is -0.470. The van der Waals surface area contributed by atoms with Gasteiger partial charge in [0.1, 0.15) is 5.82 Å². The Morgan fingerprint density at radius 3 is 2.50 bits per heavy atom. The lowest BCUT2D eigenvalue weighted by molar-refractivity contribution is 0.0593. The van der Waals surface area contributed by atoms with Gasteiger partial charge in [-0.05, 0) is 25.7 Å². The molecule has 1 rings (SSSR count). The predicted octanol–water partition coefficient (Wildman–Crippen LogP) is 2.50. The molecule has 0 aliphatic rings. The molecule has 5 nitrogen and oxygen atoms in total. The van der Waals surface area contributed by atoms with Gasteiger partial charge in [-0.1, -0.05) is 13.8 Å². The molecular formula is C13H21N3O2. The van der Waals surface area contributed by atoms with Crippen LogP contribution in [0.3, 0.4) is 0 Å². The van der Waals surface area contributed by atoms with Crippen molar-refractivity contribution in [2.24, 2.45) is 5.92 Å². The van der Waals surface area contributed by atoms with Crippen LogP contribution >= 0.6 is 0 Å². The van der Waals surface area contributed by atoms with E-state index in [1.54, 1.807) is 6.20 Å². The second-order valence-corrected chi connectivity index (χ2v) is 4.80. The average molecular weight is 251 g/mol. The van der Waals surface area contributed by atoms with E-state index in [0.717, 1.165) is 6.42 Å². The predicted molar refractivity (Wildman–Crippen MR) is 70.5 cm³/mol. The second kappa shape index (κ2) is 6.93. The Balaban J connectivity index is 2.50. The van der Waals surface area contributed by atoms with Crippen molar-refractivity contribution in [3.05, 3.63) is 18.1 Å². The zero-order chi connectivity index (χ0) is 13.5. The fraction of sp³-hybridized carbons (Fsp3) is 0.615. The largest absolute Gasteiger partial charge is 0.464 e. The number of carbonyl (C=O) groups excluding carboxylic acids is 1. The van der Waals surface area contributed by atoms with Crippen LogP contribution in [0.25, 0.3) is 0 Å². The molecular weight excluding hydrogens is 230 g/mol. The molecule has 0 spiro atoms. The van der Waals surface area contributed by atoms with Gasteiger partial charge in [0.15, 0.2) is 5.69 Å². The van der Waals surface area contributed by atoms with E-state index in [0.29, 0.717) is 17.8 Å². The lowest BCUT2D eigenvalue weighted by atomic mass is 10.0. The quantitative estimate of drug-likeness (QED) is 0.787. The summed E-state index contributed by atoms with van der Waals surface area (Å²) in [5.74, 6) is 0.905. The maximum atomic E-state index is 11.2. The molecule has 0 aliphatic carbocycles. The molecule has 0 radical (unpaired) electrons. The maximum Gasteiger partial charge on any atom is 0.358 e. The summed E-state index contributed by atoms with van der Waals surface area (Å²) in [7, 11) is 1.32. The number of rotatable bonds is 6. The number of aromatic nitrogens is 2. The van der Waals surface area contributed by atoms with Gasteiger partial charge in [-0.15, -0.1) is 0 Å². The molecule has 1 atom stereocenters. The summed E-state index contributed by atoms with van der Waals surface area (Å²) in [6.45, 7) is 6.52. The van der Waals surface area contributed by atoms with Crippen molar-refractivity contribution in [1.29, 1.82) is 0 Å². The van der Waals surface area contributed by atoms with Crippen molar-refractivity contribution in [3.63, 3.8) is 0 Å². The molecule has 0 aromatic carbocycles. The summed E-state index contributed by atoms with van der Waals surface area (Å²) in [6, 6.07) is 0.339. The number of hydrogen-bond acceptors (Lipinski definition) is 5. The van der Waals surface area contributed by atoms with Crippen LogP contribution in [-0.4, -0.2) is 29.1 Å². The molecule has 0 saturated heterocycles. The van der Waals surface area contributed by atoms with Crippen LogP contribution in [0.2, 0.25) is 0 Å². The summed E-state index contributed by atoms with van der Waals surface area (Å²) in [5.41, 5.74) is 0.220. The Morgan fingerprint density at radius 2 is 2.00 bits per heavy atom. The van der Waals surface area contributed by atoms with Crippen LogP contribution in [0.15, 0.2) is 12.4 Å². The number of hydrogen-bond donors (Lipinski definition) is 1. The van der Waals surface area contributed by atoms with Crippen molar-refractivity contribution in [2.75, 3.05) is 12.4 Å². The number of methoxy groups -OCH3 is 1. The normalized spacial score (nSPS) is 12.3. The van der Waals surface area contributed by atoms with Gasteiger partial charge in [0.2, 0.25) is 0 Å². The molecule has 1 aromatic heterocycles. The summed E-state index contributed by atoms with van der Waals surface area (Å²) < 4.78 is 4.56. The van der Waals surface area contributed by atoms with E-state index in [2.05, 4.69) is 40.8 Å². The zero-order valence-electron chi connectivity index (χ0n) is 11.4. The maximum absolute atomic E-state index is 11.2. The minimum absolute atomic E-state index is 0.220. The molecule has 1 aromatic rings. The van der Waals surface area contributed by atoms with E-state index < -0.39 is 5.97 Å². The van der Waals surface area contributed by atoms with Crippen LogP contribution in [0, 0.1) is 5.92 Å². The van der Waals surface area contributed by atoms with Gasteiger partial charge in [0.05, 0.1) is 19.5 Å². The van der Waals surface area contributed by atoms with Crippen LogP contribution in [0.4, 0.5) is 5.82 Å². The number of carbonyl (C=O) groups is 1. The molecule has 0 saturated carbocycles. The fourth-order valence-corrected chi connectivity index (χ4v) is 1.52. The minimum Gasteiger partial charge on any atom is -0.464 e. The molecule has 0 bridgehead atoms. The highest BCUT2D eigenvalue weighted by atomic mass is 16.5. The third-order valence-corrected chi connectivity index (χ3v) is 2.62. The van der Waals surface area contributed by atoms with Crippen molar-refractivity contribution < 1.29 is 9.53 Å². The van der Waals surface area contributed by atoms with Gasteiger partial charge >= 0.3 is 5.97 Å². The molecule has 0 amide bonds. The molecule has 0 aliphatic heterocycles. The molecule has 5 heteroatoms. The van der Waals surface area contributed by atoms with E-state index in [9.17, 15) is 4.79 Å². The van der Waals surface area contributed by atoms with Gasteiger partial charge < -0.3 is 10.1 Å². The van der Waals surface area contributed by atoms with Crippen molar-refractivity contribution in [2.45, 2.75) is 39.7 Å². The van der Waals surface area contributed by atoms with Gasteiger partial charge in [0, 0.05) is 6.04 Å². The summed E-state index contributed by atoms with van der Waals surface area (Å²) >= 11 is 0. The highest BCUT2D eigenvalue weighted by molar-refractivity contribution is 5.86. The standard InChI is InChI=1S/C13H21N3O2/c1-9(2)5-6-10(3)16-12-8-14-11(7-15-12)13(17)18-4/h7-10H,5-6H2,1-4H3,(H,15,16). The fourth-order valence-electron chi connectivity index (χ4n) is 1.52. The number of ether oxygens (including phenoxy) is 1. The summed E-state index contributed by atoms with van der Waals surface area (Å²) in [5, 5.41) is 3.26.